The van der Waals surface area contributed by atoms with E-state index in [1.165, 1.54) is 15.0 Å². The van der Waals surface area contributed by atoms with Gasteiger partial charge in [-0.3, -0.25) is 4.79 Å². The van der Waals surface area contributed by atoms with E-state index in [9.17, 15) is 10.1 Å². The summed E-state index contributed by atoms with van der Waals surface area (Å²) >= 11 is 1.79. The lowest BCUT2D eigenvalue weighted by atomic mass is 9.88. The standard InChI is InChI=1S/C25H23N3O2S/c1-27-20-9-5-4-8-18(20)23(19(16-26)24(27)29)28-13-11-25(30-2,12-14-28)22-15-17-7-3-6-10-21(17)31-22/h3-10,15H,11-14H2,1-2H3. The van der Waals surface area contributed by atoms with Crippen molar-refractivity contribution >= 4 is 38.0 Å². The van der Waals surface area contributed by atoms with E-state index in [2.05, 4.69) is 41.3 Å². The highest BCUT2D eigenvalue weighted by Gasteiger charge is 2.39. The molecule has 156 valence electrons. The highest BCUT2D eigenvalue weighted by molar-refractivity contribution is 7.19. The van der Waals surface area contributed by atoms with Crippen LogP contribution < -0.4 is 10.5 Å². The molecule has 0 bridgehead atoms. The minimum absolute atomic E-state index is 0.216. The number of hydrogen-bond donors (Lipinski definition) is 0. The predicted molar refractivity (Wildman–Crippen MR) is 126 cm³/mol. The average molecular weight is 430 g/mol. The molecule has 1 saturated heterocycles. The number of nitrogens with zero attached hydrogens (tertiary/aromatic N) is 3. The van der Waals surface area contributed by atoms with Crippen LogP contribution in [0.25, 0.3) is 21.0 Å². The number of nitriles is 1. The summed E-state index contributed by atoms with van der Waals surface area (Å²) in [5.74, 6) is 0. The molecule has 0 saturated carbocycles. The lowest BCUT2D eigenvalue weighted by molar-refractivity contribution is -0.0315. The lowest BCUT2D eigenvalue weighted by Crippen LogP contribution is -2.44. The van der Waals surface area contributed by atoms with Gasteiger partial charge in [-0.05, 0) is 36.4 Å². The van der Waals surface area contributed by atoms with Gasteiger partial charge in [0.05, 0.1) is 11.2 Å². The molecule has 5 nitrogen and oxygen atoms in total. The summed E-state index contributed by atoms with van der Waals surface area (Å²) < 4.78 is 8.95. The average Bonchev–Trinajstić information content (AvgIpc) is 3.26. The number of ether oxygens (including phenoxy) is 1. The SMILES string of the molecule is COC1(c2cc3ccccc3s2)CCN(c2c(C#N)c(=O)n(C)c3ccccc23)CC1. The van der Waals surface area contributed by atoms with Crippen LogP contribution in [0.3, 0.4) is 0 Å². The molecular formula is C25H23N3O2S. The number of methoxy groups -OCH3 is 1. The van der Waals surface area contributed by atoms with E-state index in [0.29, 0.717) is 13.1 Å². The molecule has 0 amide bonds. The second-order valence-electron chi connectivity index (χ2n) is 8.05. The molecule has 0 aliphatic carbocycles. The molecule has 0 N–H and O–H groups in total. The van der Waals surface area contributed by atoms with E-state index in [1.54, 1.807) is 30.1 Å². The van der Waals surface area contributed by atoms with Gasteiger partial charge in [-0.15, -0.1) is 11.3 Å². The Bertz CT molecular complexity index is 1350. The number of benzene rings is 2. The molecule has 1 aliphatic rings. The summed E-state index contributed by atoms with van der Waals surface area (Å²) in [4.78, 5) is 16.3. The highest BCUT2D eigenvalue weighted by atomic mass is 32.1. The van der Waals surface area contributed by atoms with Crippen molar-refractivity contribution in [3.05, 3.63) is 75.4 Å². The molecular weight excluding hydrogens is 406 g/mol. The van der Waals surface area contributed by atoms with Crippen molar-refractivity contribution in [3.63, 3.8) is 0 Å². The molecule has 6 heteroatoms. The molecule has 0 atom stereocenters. The number of thiophene rings is 1. The van der Waals surface area contributed by atoms with Crippen LogP contribution in [0.4, 0.5) is 5.69 Å². The van der Waals surface area contributed by atoms with Crippen LogP contribution in [0.2, 0.25) is 0 Å². The van der Waals surface area contributed by atoms with Crippen LogP contribution in [0, 0.1) is 11.3 Å². The first-order chi connectivity index (χ1) is 15.1. The zero-order chi connectivity index (χ0) is 21.6. The Labute approximate surface area is 184 Å². The second kappa shape index (κ2) is 7.52. The zero-order valence-electron chi connectivity index (χ0n) is 17.6. The van der Waals surface area contributed by atoms with E-state index >= 15 is 0 Å². The van der Waals surface area contributed by atoms with Gasteiger partial charge in [-0.2, -0.15) is 5.26 Å². The molecule has 4 aromatic rings. The molecule has 1 fully saturated rings. The largest absolute Gasteiger partial charge is 0.373 e. The van der Waals surface area contributed by atoms with Gasteiger partial charge in [0.1, 0.15) is 17.2 Å². The van der Waals surface area contributed by atoms with Crippen molar-refractivity contribution in [2.75, 3.05) is 25.1 Å². The third kappa shape index (κ3) is 3.04. The minimum Gasteiger partial charge on any atom is -0.373 e. The summed E-state index contributed by atoms with van der Waals surface area (Å²) in [6, 6.07) is 20.6. The van der Waals surface area contributed by atoms with E-state index in [0.717, 1.165) is 29.4 Å². The van der Waals surface area contributed by atoms with Crippen molar-refractivity contribution < 1.29 is 4.74 Å². The normalized spacial score (nSPS) is 16.0. The number of pyridine rings is 1. The van der Waals surface area contributed by atoms with Crippen molar-refractivity contribution in [1.29, 1.82) is 5.26 Å². The van der Waals surface area contributed by atoms with Gasteiger partial charge in [0.15, 0.2) is 0 Å². The number of aromatic nitrogens is 1. The summed E-state index contributed by atoms with van der Waals surface area (Å²) in [6.45, 7) is 1.43. The Kier molecular flexibility index (Phi) is 4.81. The summed E-state index contributed by atoms with van der Waals surface area (Å²) in [5.41, 5.74) is 1.22. The molecule has 1 aliphatic heterocycles. The van der Waals surface area contributed by atoms with Gasteiger partial charge in [0.25, 0.3) is 5.56 Å². The third-order valence-electron chi connectivity index (χ3n) is 6.54. The summed E-state index contributed by atoms with van der Waals surface area (Å²) in [6.07, 6.45) is 1.59. The van der Waals surface area contributed by atoms with E-state index in [4.69, 9.17) is 4.74 Å². The van der Waals surface area contributed by atoms with Crippen LogP contribution >= 0.6 is 11.3 Å². The van der Waals surface area contributed by atoms with Gasteiger partial charge in [0, 0.05) is 42.2 Å². The first-order valence-electron chi connectivity index (χ1n) is 10.4. The Morgan fingerprint density at radius 3 is 2.52 bits per heavy atom. The lowest BCUT2D eigenvalue weighted by Gasteiger charge is -2.41. The van der Waals surface area contributed by atoms with Gasteiger partial charge in [-0.1, -0.05) is 36.4 Å². The molecule has 2 aromatic carbocycles. The van der Waals surface area contributed by atoms with Crippen LogP contribution in [0.15, 0.2) is 59.4 Å². The van der Waals surface area contributed by atoms with Crippen molar-refractivity contribution in [1.82, 2.24) is 4.57 Å². The fourth-order valence-corrected chi connectivity index (χ4v) is 6.05. The number of piperidine rings is 1. The van der Waals surface area contributed by atoms with Crippen LogP contribution in [0.5, 0.6) is 0 Å². The number of para-hydroxylation sites is 1. The second-order valence-corrected chi connectivity index (χ2v) is 9.13. The molecule has 3 heterocycles. The predicted octanol–water partition coefficient (Wildman–Crippen LogP) is 4.77. The summed E-state index contributed by atoms with van der Waals surface area (Å²) in [5, 5.41) is 12.0. The maximum Gasteiger partial charge on any atom is 0.270 e. The van der Waals surface area contributed by atoms with Gasteiger partial charge < -0.3 is 14.2 Å². The van der Waals surface area contributed by atoms with Crippen LogP contribution in [-0.4, -0.2) is 24.8 Å². The van der Waals surface area contributed by atoms with Crippen molar-refractivity contribution in [2.24, 2.45) is 7.05 Å². The fourth-order valence-electron chi connectivity index (χ4n) is 4.76. The van der Waals surface area contributed by atoms with E-state index in [-0.39, 0.29) is 16.7 Å². The fraction of sp³-hybridized carbons (Fsp3) is 0.280. The molecule has 0 unspecified atom stereocenters. The zero-order valence-corrected chi connectivity index (χ0v) is 18.4. The number of fused-ring (bicyclic) bond motifs is 2. The molecule has 0 spiro atoms. The number of anilines is 1. The maximum atomic E-state index is 12.9. The number of rotatable bonds is 3. The molecule has 31 heavy (non-hydrogen) atoms. The van der Waals surface area contributed by atoms with E-state index < -0.39 is 0 Å². The Morgan fingerprint density at radius 2 is 1.81 bits per heavy atom. The first-order valence-corrected chi connectivity index (χ1v) is 11.2. The monoisotopic (exact) mass is 429 g/mol. The van der Waals surface area contributed by atoms with Gasteiger partial charge >= 0.3 is 0 Å². The van der Waals surface area contributed by atoms with Crippen molar-refractivity contribution in [3.8, 4) is 6.07 Å². The van der Waals surface area contributed by atoms with Crippen molar-refractivity contribution in [2.45, 2.75) is 18.4 Å². The highest BCUT2D eigenvalue weighted by Crippen LogP contribution is 2.43. The molecule has 2 aromatic heterocycles. The first kappa shape index (κ1) is 19.8. The van der Waals surface area contributed by atoms with Crippen LogP contribution in [0.1, 0.15) is 23.3 Å². The molecule has 0 radical (unpaired) electrons. The maximum absolute atomic E-state index is 12.9. The number of aryl methyl sites for hydroxylation is 1. The van der Waals surface area contributed by atoms with Crippen LogP contribution in [-0.2, 0) is 17.4 Å². The Balaban J connectivity index is 1.55. The Morgan fingerprint density at radius 1 is 1.10 bits per heavy atom. The summed E-state index contributed by atoms with van der Waals surface area (Å²) in [7, 11) is 3.51. The third-order valence-corrected chi connectivity index (χ3v) is 7.84. The number of hydrogen-bond acceptors (Lipinski definition) is 5. The topological polar surface area (TPSA) is 58.3 Å². The molecule has 5 rings (SSSR count). The van der Waals surface area contributed by atoms with Gasteiger partial charge in [-0.25, -0.2) is 0 Å². The Hall–Kier alpha value is -3.14. The van der Waals surface area contributed by atoms with E-state index in [1.807, 2.05) is 24.3 Å². The van der Waals surface area contributed by atoms with Gasteiger partial charge in [0.2, 0.25) is 0 Å². The smallest absolute Gasteiger partial charge is 0.270 e. The minimum atomic E-state index is -0.345. The quantitative estimate of drug-likeness (QED) is 0.471.